The number of hydrogen-bond acceptors (Lipinski definition) is 8. The van der Waals surface area contributed by atoms with Crippen molar-refractivity contribution in [3.63, 3.8) is 0 Å². The third-order valence-corrected chi connectivity index (χ3v) is 6.48. The van der Waals surface area contributed by atoms with Crippen molar-refractivity contribution in [3.05, 3.63) is 71.5 Å². The van der Waals surface area contributed by atoms with Crippen LogP contribution in [0, 0.1) is 6.92 Å². The molecule has 1 saturated heterocycles. The molecule has 0 saturated carbocycles. The highest BCUT2D eigenvalue weighted by atomic mass is 16.2. The smallest absolute Gasteiger partial charge is 0.234 e. The third kappa shape index (κ3) is 8.52. The Bertz CT molecular complexity index is 1220. The van der Waals surface area contributed by atoms with Crippen LogP contribution in [0.2, 0.25) is 0 Å². The first-order valence-electron chi connectivity index (χ1n) is 13.1. The van der Waals surface area contributed by atoms with Gasteiger partial charge in [0.05, 0.1) is 13.1 Å². The number of nitrogens with one attached hydrogen (secondary N) is 3. The summed E-state index contributed by atoms with van der Waals surface area (Å²) in [5, 5.41) is 9.24. The van der Waals surface area contributed by atoms with Gasteiger partial charge in [0.25, 0.3) is 0 Å². The molecule has 0 aliphatic carbocycles. The SMILES string of the molecule is Cc1cccc(Nc2nc(N)nc(CN3CCCNC(=O)CCC(c4ccccc4)CCNC(=O)C3)n2)c1. The van der Waals surface area contributed by atoms with Crippen LogP contribution in [0.5, 0.6) is 0 Å². The molecule has 10 nitrogen and oxygen atoms in total. The van der Waals surface area contributed by atoms with E-state index in [1.165, 1.54) is 5.56 Å². The van der Waals surface area contributed by atoms with Gasteiger partial charge >= 0.3 is 0 Å². The molecule has 38 heavy (non-hydrogen) atoms. The largest absolute Gasteiger partial charge is 0.368 e. The molecule has 1 aliphatic heterocycles. The minimum Gasteiger partial charge on any atom is -0.368 e. The second-order valence-electron chi connectivity index (χ2n) is 9.63. The summed E-state index contributed by atoms with van der Waals surface area (Å²) in [5.74, 6) is 1.12. The van der Waals surface area contributed by atoms with Crippen LogP contribution in [0.25, 0.3) is 0 Å². The van der Waals surface area contributed by atoms with Gasteiger partial charge < -0.3 is 21.7 Å². The molecule has 200 valence electrons. The molecule has 4 rings (SSSR count). The molecule has 0 bridgehead atoms. The van der Waals surface area contributed by atoms with Crippen LogP contribution in [-0.4, -0.2) is 57.8 Å². The highest BCUT2D eigenvalue weighted by Crippen LogP contribution is 2.24. The Hall–Kier alpha value is -4.05. The van der Waals surface area contributed by atoms with E-state index in [0.29, 0.717) is 50.8 Å². The Kier molecular flexibility index (Phi) is 9.58. The molecular weight excluding hydrogens is 480 g/mol. The van der Waals surface area contributed by atoms with Crippen molar-refractivity contribution in [2.24, 2.45) is 0 Å². The fraction of sp³-hybridized carbons (Fsp3) is 0.393. The van der Waals surface area contributed by atoms with Gasteiger partial charge in [-0.3, -0.25) is 14.5 Å². The number of aromatic nitrogens is 3. The minimum atomic E-state index is -0.0574. The number of hydrogen-bond donors (Lipinski definition) is 4. The first kappa shape index (κ1) is 27.0. The van der Waals surface area contributed by atoms with E-state index in [1.54, 1.807) is 0 Å². The van der Waals surface area contributed by atoms with Crippen molar-refractivity contribution in [1.29, 1.82) is 0 Å². The highest BCUT2D eigenvalue weighted by molar-refractivity contribution is 5.78. The molecule has 1 aromatic heterocycles. The number of anilines is 3. The predicted molar refractivity (Wildman–Crippen MR) is 148 cm³/mol. The quantitative estimate of drug-likeness (QED) is 0.406. The number of rotatable bonds is 5. The molecule has 1 atom stereocenters. The zero-order valence-corrected chi connectivity index (χ0v) is 21.8. The lowest BCUT2D eigenvalue weighted by Gasteiger charge is -2.23. The van der Waals surface area contributed by atoms with Crippen molar-refractivity contribution in [2.75, 3.05) is 37.2 Å². The number of nitrogens with two attached hydrogens (primary N) is 1. The Balaban J connectivity index is 1.42. The van der Waals surface area contributed by atoms with Crippen molar-refractivity contribution < 1.29 is 9.59 Å². The number of benzene rings is 2. The summed E-state index contributed by atoms with van der Waals surface area (Å²) in [7, 11) is 0. The van der Waals surface area contributed by atoms with Crippen molar-refractivity contribution in [1.82, 2.24) is 30.5 Å². The monoisotopic (exact) mass is 516 g/mol. The van der Waals surface area contributed by atoms with Crippen molar-refractivity contribution in [3.8, 4) is 0 Å². The van der Waals surface area contributed by atoms with Crippen molar-refractivity contribution in [2.45, 2.75) is 45.1 Å². The van der Waals surface area contributed by atoms with Crippen LogP contribution in [0.15, 0.2) is 54.6 Å². The van der Waals surface area contributed by atoms with Gasteiger partial charge in [-0.25, -0.2) is 0 Å². The second kappa shape index (κ2) is 13.5. The lowest BCUT2D eigenvalue weighted by atomic mass is 9.91. The summed E-state index contributed by atoms with van der Waals surface area (Å²) in [6.07, 6.45) is 2.66. The minimum absolute atomic E-state index is 0.0516. The van der Waals surface area contributed by atoms with E-state index in [-0.39, 0.29) is 30.2 Å². The van der Waals surface area contributed by atoms with Crippen LogP contribution in [0.4, 0.5) is 17.6 Å². The molecule has 1 unspecified atom stereocenters. The Morgan fingerprint density at radius 3 is 2.61 bits per heavy atom. The van der Waals surface area contributed by atoms with E-state index in [4.69, 9.17) is 5.73 Å². The lowest BCUT2D eigenvalue weighted by Crippen LogP contribution is -2.39. The molecule has 2 amide bonds. The maximum Gasteiger partial charge on any atom is 0.234 e. The van der Waals surface area contributed by atoms with Crippen LogP contribution in [0.3, 0.4) is 0 Å². The fourth-order valence-electron chi connectivity index (χ4n) is 4.60. The number of nitrogen functional groups attached to an aromatic ring is 1. The van der Waals surface area contributed by atoms with Gasteiger partial charge in [0.1, 0.15) is 5.82 Å². The van der Waals surface area contributed by atoms with Crippen LogP contribution < -0.4 is 21.7 Å². The van der Waals surface area contributed by atoms with E-state index in [1.807, 2.05) is 54.3 Å². The standard InChI is InChI=1S/C28H36N8O2/c1-20-7-5-10-23(17-20)32-28-34-24(33-27(29)35-28)18-36-16-6-14-30-25(37)12-11-22(13-15-31-26(38)19-36)21-8-3-2-4-9-21/h2-5,7-10,17,22H,6,11-16,18-19H2,1H3,(H,30,37)(H,31,38)(H3,29,32,33,34,35). The topological polar surface area (TPSA) is 138 Å². The van der Waals surface area contributed by atoms with Crippen LogP contribution >= 0.6 is 0 Å². The third-order valence-electron chi connectivity index (χ3n) is 6.48. The summed E-state index contributed by atoms with van der Waals surface area (Å²) in [5.41, 5.74) is 9.12. The molecule has 0 radical (unpaired) electrons. The summed E-state index contributed by atoms with van der Waals surface area (Å²) < 4.78 is 0. The maximum atomic E-state index is 12.8. The number of carbonyl (C=O) groups is 2. The molecule has 5 N–H and O–H groups in total. The zero-order valence-electron chi connectivity index (χ0n) is 21.8. The molecule has 2 aromatic carbocycles. The Labute approximate surface area is 223 Å². The van der Waals surface area contributed by atoms with Gasteiger partial charge in [-0.2, -0.15) is 15.0 Å². The van der Waals surface area contributed by atoms with E-state index in [2.05, 4.69) is 43.0 Å². The van der Waals surface area contributed by atoms with Gasteiger partial charge in [0.2, 0.25) is 23.7 Å². The number of aryl methyl sites for hydroxylation is 1. The van der Waals surface area contributed by atoms with E-state index in [0.717, 1.165) is 24.1 Å². The van der Waals surface area contributed by atoms with E-state index >= 15 is 0 Å². The van der Waals surface area contributed by atoms with E-state index < -0.39 is 0 Å². The van der Waals surface area contributed by atoms with Crippen molar-refractivity contribution >= 4 is 29.4 Å². The molecule has 2 heterocycles. The molecule has 1 fully saturated rings. The van der Waals surface area contributed by atoms with Gasteiger partial charge in [0.15, 0.2) is 0 Å². The van der Waals surface area contributed by atoms with Crippen LogP contribution in [0.1, 0.15) is 48.6 Å². The molecular formula is C28H36N8O2. The number of amides is 2. The second-order valence-corrected chi connectivity index (χ2v) is 9.63. The Morgan fingerprint density at radius 2 is 1.79 bits per heavy atom. The Morgan fingerprint density at radius 1 is 0.974 bits per heavy atom. The number of carbonyl (C=O) groups excluding carboxylic acids is 2. The van der Waals surface area contributed by atoms with Gasteiger partial charge in [-0.05, 0) is 55.4 Å². The highest BCUT2D eigenvalue weighted by Gasteiger charge is 2.18. The average Bonchev–Trinajstić information content (AvgIpc) is 2.88. The van der Waals surface area contributed by atoms with E-state index in [9.17, 15) is 9.59 Å². The number of nitrogens with zero attached hydrogens (tertiary/aromatic N) is 4. The fourth-order valence-corrected chi connectivity index (χ4v) is 4.60. The first-order valence-corrected chi connectivity index (χ1v) is 13.1. The average molecular weight is 517 g/mol. The first-order chi connectivity index (χ1) is 18.4. The normalized spacial score (nSPS) is 18.2. The van der Waals surface area contributed by atoms with Gasteiger partial charge in [0, 0.05) is 31.7 Å². The summed E-state index contributed by atoms with van der Waals surface area (Å²) in [6.45, 7) is 4.18. The zero-order chi connectivity index (χ0) is 26.7. The van der Waals surface area contributed by atoms with Gasteiger partial charge in [-0.15, -0.1) is 0 Å². The molecule has 3 aromatic rings. The van der Waals surface area contributed by atoms with Crippen LogP contribution in [-0.2, 0) is 16.1 Å². The summed E-state index contributed by atoms with van der Waals surface area (Å²) in [6, 6.07) is 18.0. The molecule has 0 spiro atoms. The van der Waals surface area contributed by atoms with Gasteiger partial charge in [-0.1, -0.05) is 42.5 Å². The molecule has 10 heteroatoms. The maximum absolute atomic E-state index is 12.8. The summed E-state index contributed by atoms with van der Waals surface area (Å²) in [4.78, 5) is 40.3. The summed E-state index contributed by atoms with van der Waals surface area (Å²) >= 11 is 0. The lowest BCUT2D eigenvalue weighted by molar-refractivity contribution is -0.123. The predicted octanol–water partition coefficient (Wildman–Crippen LogP) is 2.90. The molecule has 1 aliphatic rings.